The summed E-state index contributed by atoms with van der Waals surface area (Å²) in [6, 6.07) is 9.97. The van der Waals surface area contributed by atoms with Gasteiger partial charge >= 0.3 is 6.09 Å². The van der Waals surface area contributed by atoms with Gasteiger partial charge in [0.25, 0.3) is 0 Å². The Morgan fingerprint density at radius 3 is 2.95 bits per heavy atom. The Balaban J connectivity index is 1.67. The molecular weight excluding hydrogens is 282 g/mol. The molecule has 1 aromatic carbocycles. The van der Waals surface area contributed by atoms with Gasteiger partial charge in [-0.05, 0) is 31.5 Å². The van der Waals surface area contributed by atoms with Gasteiger partial charge in [0.15, 0.2) is 0 Å². The van der Waals surface area contributed by atoms with Crippen LogP contribution in [0.5, 0.6) is 0 Å². The van der Waals surface area contributed by atoms with Gasteiger partial charge in [0.2, 0.25) is 0 Å². The number of amides is 1. The maximum atomic E-state index is 11.6. The van der Waals surface area contributed by atoms with E-state index in [9.17, 15) is 4.79 Å². The van der Waals surface area contributed by atoms with E-state index in [-0.39, 0.29) is 12.1 Å². The van der Waals surface area contributed by atoms with Crippen molar-refractivity contribution in [2.45, 2.75) is 26.4 Å². The monoisotopic (exact) mass is 301 g/mol. The lowest BCUT2D eigenvalue weighted by molar-refractivity contribution is 0.181. The second-order valence-corrected chi connectivity index (χ2v) is 5.39. The summed E-state index contributed by atoms with van der Waals surface area (Å²) in [4.78, 5) is 13.3. The summed E-state index contributed by atoms with van der Waals surface area (Å²) < 4.78 is 10.0. The lowest BCUT2D eigenvalue weighted by atomic mass is 10.1. The van der Waals surface area contributed by atoms with E-state index in [1.54, 1.807) is 4.90 Å². The molecule has 1 N–H and O–H groups in total. The summed E-state index contributed by atoms with van der Waals surface area (Å²) in [6.07, 6.45) is -0.282. The number of rotatable bonds is 5. The minimum atomic E-state index is -0.282. The molecule has 0 aliphatic carbocycles. The Bertz CT molecular complexity index is 668. The van der Waals surface area contributed by atoms with Gasteiger partial charge in [0, 0.05) is 24.3 Å². The van der Waals surface area contributed by atoms with Crippen LogP contribution in [0.2, 0.25) is 0 Å². The number of cyclic esters (lactones) is 1. The number of ether oxygens (including phenoxy) is 1. The molecule has 0 unspecified atom stereocenters. The second-order valence-electron chi connectivity index (χ2n) is 5.39. The molecule has 1 aliphatic rings. The summed E-state index contributed by atoms with van der Waals surface area (Å²) in [5, 5.41) is 7.37. The van der Waals surface area contributed by atoms with Crippen molar-refractivity contribution in [3.8, 4) is 0 Å². The first-order valence-corrected chi connectivity index (χ1v) is 7.33. The van der Waals surface area contributed by atoms with Crippen molar-refractivity contribution in [3.63, 3.8) is 0 Å². The number of aryl methyl sites for hydroxylation is 1. The van der Waals surface area contributed by atoms with Crippen LogP contribution in [0.25, 0.3) is 0 Å². The SMILES string of the molecule is Cc1cc(CN[C@H](C)c2cccc(N3CCOC3=O)c2)no1. The van der Waals surface area contributed by atoms with Crippen LogP contribution in [-0.4, -0.2) is 24.4 Å². The quantitative estimate of drug-likeness (QED) is 0.919. The Kier molecular flexibility index (Phi) is 4.11. The van der Waals surface area contributed by atoms with Gasteiger partial charge in [-0.3, -0.25) is 4.90 Å². The molecule has 1 saturated heterocycles. The highest BCUT2D eigenvalue weighted by Gasteiger charge is 2.23. The Morgan fingerprint density at radius 1 is 1.41 bits per heavy atom. The predicted octanol–water partition coefficient (Wildman–Crippen LogP) is 2.79. The molecule has 6 nitrogen and oxygen atoms in total. The van der Waals surface area contributed by atoms with Gasteiger partial charge < -0.3 is 14.6 Å². The fourth-order valence-electron chi connectivity index (χ4n) is 2.47. The molecule has 3 rings (SSSR count). The minimum Gasteiger partial charge on any atom is -0.447 e. The fourth-order valence-corrected chi connectivity index (χ4v) is 2.47. The van der Waals surface area contributed by atoms with Crippen LogP contribution < -0.4 is 10.2 Å². The van der Waals surface area contributed by atoms with E-state index in [2.05, 4.69) is 17.4 Å². The van der Waals surface area contributed by atoms with E-state index in [1.807, 2.05) is 37.3 Å². The molecule has 1 aromatic heterocycles. The average Bonchev–Trinajstić information content (AvgIpc) is 3.13. The van der Waals surface area contributed by atoms with Gasteiger partial charge in [-0.25, -0.2) is 4.79 Å². The van der Waals surface area contributed by atoms with E-state index >= 15 is 0 Å². The third-order valence-corrected chi connectivity index (χ3v) is 3.71. The molecule has 22 heavy (non-hydrogen) atoms. The Labute approximate surface area is 129 Å². The van der Waals surface area contributed by atoms with Crippen LogP contribution in [0.1, 0.15) is 30.0 Å². The summed E-state index contributed by atoms with van der Waals surface area (Å²) in [5.74, 6) is 0.805. The summed E-state index contributed by atoms with van der Waals surface area (Å²) >= 11 is 0. The number of hydrogen-bond acceptors (Lipinski definition) is 5. The van der Waals surface area contributed by atoms with E-state index < -0.39 is 0 Å². The largest absolute Gasteiger partial charge is 0.447 e. The number of carbonyl (C=O) groups is 1. The first-order valence-electron chi connectivity index (χ1n) is 7.33. The molecule has 1 amide bonds. The maximum absolute atomic E-state index is 11.6. The number of aromatic nitrogens is 1. The lowest BCUT2D eigenvalue weighted by Crippen LogP contribution is -2.24. The number of hydrogen-bond donors (Lipinski definition) is 1. The number of nitrogens with zero attached hydrogens (tertiary/aromatic N) is 2. The van der Waals surface area contributed by atoms with Gasteiger partial charge in [-0.1, -0.05) is 17.3 Å². The first-order chi connectivity index (χ1) is 10.6. The zero-order valence-electron chi connectivity index (χ0n) is 12.7. The summed E-state index contributed by atoms with van der Waals surface area (Å²) in [6.45, 7) is 5.63. The van der Waals surface area contributed by atoms with E-state index in [1.165, 1.54) is 0 Å². The lowest BCUT2D eigenvalue weighted by Gasteiger charge is -2.17. The predicted molar refractivity (Wildman–Crippen MR) is 81.6 cm³/mol. The van der Waals surface area contributed by atoms with Crippen LogP contribution in [0.4, 0.5) is 10.5 Å². The third-order valence-electron chi connectivity index (χ3n) is 3.71. The Morgan fingerprint density at radius 2 is 2.27 bits per heavy atom. The molecule has 0 saturated carbocycles. The smallest absolute Gasteiger partial charge is 0.414 e. The summed E-state index contributed by atoms with van der Waals surface area (Å²) in [5.41, 5.74) is 2.85. The third kappa shape index (κ3) is 3.12. The second kappa shape index (κ2) is 6.19. The molecule has 116 valence electrons. The van der Waals surface area contributed by atoms with Crippen molar-refractivity contribution in [3.05, 3.63) is 47.3 Å². The molecule has 1 aliphatic heterocycles. The van der Waals surface area contributed by atoms with Crippen molar-refractivity contribution in [1.29, 1.82) is 0 Å². The highest BCUT2D eigenvalue weighted by molar-refractivity contribution is 5.89. The van der Waals surface area contributed by atoms with E-state index in [0.29, 0.717) is 19.7 Å². The molecule has 0 spiro atoms. The molecule has 2 heterocycles. The van der Waals surface area contributed by atoms with Crippen LogP contribution in [-0.2, 0) is 11.3 Å². The number of benzene rings is 1. The maximum Gasteiger partial charge on any atom is 0.414 e. The van der Waals surface area contributed by atoms with Crippen molar-refractivity contribution < 1.29 is 14.1 Å². The zero-order chi connectivity index (χ0) is 15.5. The first kappa shape index (κ1) is 14.6. The van der Waals surface area contributed by atoms with Crippen molar-refractivity contribution >= 4 is 11.8 Å². The van der Waals surface area contributed by atoms with Crippen LogP contribution in [0, 0.1) is 6.92 Å². The molecule has 2 aromatic rings. The van der Waals surface area contributed by atoms with Crippen molar-refractivity contribution in [2.75, 3.05) is 18.1 Å². The molecule has 1 fully saturated rings. The highest BCUT2D eigenvalue weighted by Crippen LogP contribution is 2.23. The van der Waals surface area contributed by atoms with Crippen molar-refractivity contribution in [2.24, 2.45) is 0 Å². The average molecular weight is 301 g/mol. The number of carbonyl (C=O) groups excluding carboxylic acids is 1. The molecule has 0 bridgehead atoms. The van der Waals surface area contributed by atoms with E-state index in [0.717, 1.165) is 22.7 Å². The topological polar surface area (TPSA) is 67.6 Å². The summed E-state index contributed by atoms with van der Waals surface area (Å²) in [7, 11) is 0. The standard InChI is InChI=1S/C16H19N3O3/c1-11-8-14(18-22-11)10-17-12(2)13-4-3-5-15(9-13)19-6-7-21-16(19)20/h3-5,8-9,12,17H,6-7,10H2,1-2H3/t12-/m1/s1. The molecule has 6 heteroatoms. The van der Waals surface area contributed by atoms with Crippen molar-refractivity contribution in [1.82, 2.24) is 10.5 Å². The minimum absolute atomic E-state index is 0.135. The number of anilines is 1. The molecular formula is C16H19N3O3. The van der Waals surface area contributed by atoms with Gasteiger partial charge in [-0.15, -0.1) is 0 Å². The fraction of sp³-hybridized carbons (Fsp3) is 0.375. The molecule has 0 radical (unpaired) electrons. The van der Waals surface area contributed by atoms with Gasteiger partial charge in [0.05, 0.1) is 12.2 Å². The van der Waals surface area contributed by atoms with Gasteiger partial charge in [-0.2, -0.15) is 0 Å². The molecule has 1 atom stereocenters. The Hall–Kier alpha value is -2.34. The van der Waals surface area contributed by atoms with Crippen LogP contribution >= 0.6 is 0 Å². The van der Waals surface area contributed by atoms with E-state index in [4.69, 9.17) is 9.26 Å². The van der Waals surface area contributed by atoms with Gasteiger partial charge in [0.1, 0.15) is 12.4 Å². The van der Waals surface area contributed by atoms with Crippen LogP contribution in [0.3, 0.4) is 0 Å². The van der Waals surface area contributed by atoms with Crippen LogP contribution in [0.15, 0.2) is 34.9 Å². The zero-order valence-corrected chi connectivity index (χ0v) is 12.7. The highest BCUT2D eigenvalue weighted by atomic mass is 16.6. The normalized spacial score (nSPS) is 15.9. The number of nitrogens with one attached hydrogen (secondary N) is 1.